The number of allylic oxidation sites excluding steroid dienone is 1. The minimum absolute atomic E-state index is 0.0323. The zero-order chi connectivity index (χ0) is 41.2. The number of nitrogens with one attached hydrogen (secondary N) is 1. The molecule has 0 saturated carbocycles. The first-order valence-electron chi connectivity index (χ1n) is 15.1. The van der Waals surface area contributed by atoms with Crippen LogP contribution in [0.1, 0.15) is 47.9 Å². The number of pyridine rings is 4. The molecule has 16 heteroatoms. The molecule has 0 radical (unpaired) electrons. The molecule has 0 atom stereocenters. The molecule has 1 aromatic carbocycles. The van der Waals surface area contributed by atoms with Gasteiger partial charge in [-0.15, -0.1) is 18.5 Å². The van der Waals surface area contributed by atoms with Crippen LogP contribution in [0.5, 0.6) is 0 Å². The van der Waals surface area contributed by atoms with Crippen LogP contribution in [0.25, 0.3) is 51.4 Å². The van der Waals surface area contributed by atoms with Crippen LogP contribution in [0, 0.1) is 5.41 Å². The summed E-state index contributed by atoms with van der Waals surface area (Å²) in [5, 5.41) is 47.3. The molecular formula is C39H31IN7O6RuS. The van der Waals surface area contributed by atoms with Crippen molar-refractivity contribution in [2.24, 2.45) is 0 Å². The molecule has 4 aromatic heterocycles. The van der Waals surface area contributed by atoms with E-state index in [1.165, 1.54) is 60.2 Å². The number of carbonyl (C=O) groups is 3. The number of aromatic carboxylic acids is 3. The molecule has 5 rings (SSSR count). The minimum atomic E-state index is -1.23. The van der Waals surface area contributed by atoms with Gasteiger partial charge in [-0.05, 0) is 59.7 Å². The fourth-order valence-corrected chi connectivity index (χ4v) is 4.12. The van der Waals surface area contributed by atoms with E-state index in [4.69, 9.17) is 21.0 Å². The second-order valence-corrected chi connectivity index (χ2v) is 10.1. The third kappa shape index (κ3) is 16.6. The number of hydrogen-bond donors (Lipinski definition) is 4. The molecule has 0 saturated heterocycles. The predicted octanol–water partition coefficient (Wildman–Crippen LogP) is 9.05. The Morgan fingerprint density at radius 2 is 1.20 bits per heavy atom. The van der Waals surface area contributed by atoms with Crippen LogP contribution >= 0.6 is 32.0 Å². The summed E-state index contributed by atoms with van der Waals surface area (Å²) in [6.07, 6.45) is 11.3. The van der Waals surface area contributed by atoms with Gasteiger partial charge in [-0.2, -0.15) is 5.16 Å². The Labute approximate surface area is 343 Å². The van der Waals surface area contributed by atoms with Crippen LogP contribution < -0.4 is 0 Å². The zero-order valence-corrected chi connectivity index (χ0v) is 33.6. The van der Waals surface area contributed by atoms with Gasteiger partial charge in [-0.25, -0.2) is 19.4 Å². The van der Waals surface area contributed by atoms with Crippen LogP contribution in [0.2, 0.25) is 0 Å². The van der Waals surface area contributed by atoms with Crippen molar-refractivity contribution >= 4 is 79.1 Å². The van der Waals surface area contributed by atoms with Gasteiger partial charge in [-0.3, -0.25) is 15.0 Å². The number of halogens is 1. The molecule has 0 aliphatic rings. The number of hydrogen-bond acceptors (Lipinski definition) is 9. The molecule has 4 N–H and O–H groups in total. The Bertz CT molecular complexity index is 2120. The van der Waals surface area contributed by atoms with E-state index in [1.54, 1.807) is 19.3 Å². The first-order valence-corrected chi connectivity index (χ1v) is 20.7. The van der Waals surface area contributed by atoms with Crippen LogP contribution in [-0.4, -0.2) is 71.6 Å². The molecule has 0 fully saturated rings. The summed E-state index contributed by atoms with van der Waals surface area (Å²) in [5.74, 6) is -3.56. The number of benzene rings is 1. The number of aromatic nitrogens is 4. The van der Waals surface area contributed by atoms with E-state index in [1.807, 2.05) is 36.4 Å². The fraction of sp³-hybridized carbons (Fsp3) is 0.0256. The second kappa shape index (κ2) is 26.6. The average Bonchev–Trinajstić information content (AvgIpc) is 3.21. The third-order valence-electron chi connectivity index (χ3n) is 6.41. The number of isothiocyanates is 1. The third-order valence-corrected chi connectivity index (χ3v) is 6.41. The summed E-state index contributed by atoms with van der Waals surface area (Å²) in [5.41, 5.74) is 6.31. The summed E-state index contributed by atoms with van der Waals surface area (Å²) in [6, 6.07) is 21.7. The Hall–Kier alpha value is -6.15. The zero-order valence-electron chi connectivity index (χ0n) is 28.9. The van der Waals surface area contributed by atoms with Crippen LogP contribution in [-0.2, 0) is 14.8 Å². The molecule has 0 unspecified atom stereocenters. The first-order chi connectivity index (χ1) is 26.5. The molecule has 55 heavy (non-hydrogen) atoms. The summed E-state index contributed by atoms with van der Waals surface area (Å²) >= 11 is 8.10. The normalized spacial score (nSPS) is 9.67. The van der Waals surface area contributed by atoms with Crippen LogP contribution in [0.4, 0.5) is 0 Å². The van der Waals surface area contributed by atoms with Crippen molar-refractivity contribution in [3.63, 3.8) is 0 Å². The standard InChI is InChI=1S/C18H11N3O6.C17H16N3.C3H4.CNS.HI.Ru/c22-16(23)9-1-3-19-12(5-9)14-7-11(18(26)27)8-15(21-14)13-6-10(17(24)25)2-4-20-13;1-19-16(9-11-18)17-13-15(10-12-20-17)8-7-14-5-3-2-4-6-14;1-3-2;2-1-3;;/h1-8H,(H,22,23)(H,24,25)(H,26,27);2-13,18H,1H3;1-2H2;;1H;/q;-1;;-1;;+3/p-1/b;8-7+,16-9-,18-11?;;;;. The topological polar surface area (TPSA) is 224 Å². The molecule has 0 aliphatic carbocycles. The van der Waals surface area contributed by atoms with Gasteiger partial charge < -0.3 is 31.5 Å². The van der Waals surface area contributed by atoms with E-state index >= 15 is 0 Å². The van der Waals surface area contributed by atoms with Crippen LogP contribution in [0.15, 0.2) is 122 Å². The van der Waals surface area contributed by atoms with Gasteiger partial charge in [0.25, 0.3) is 0 Å². The number of rotatable bonds is 10. The second-order valence-electron chi connectivity index (χ2n) is 9.90. The Kier molecular flexibility index (Phi) is 22.7. The Morgan fingerprint density at radius 1 is 0.764 bits per heavy atom. The first kappa shape index (κ1) is 46.9. The fourth-order valence-electron chi connectivity index (χ4n) is 4.12. The maximum atomic E-state index is 11.5. The van der Waals surface area contributed by atoms with Crippen molar-refractivity contribution in [2.75, 3.05) is 7.05 Å². The predicted molar refractivity (Wildman–Crippen MR) is 222 cm³/mol. The number of carboxylic acid groups (broad SMARTS) is 3. The molecular weight excluding hydrogens is 923 g/mol. The van der Waals surface area contributed by atoms with Gasteiger partial charge in [0.15, 0.2) is 0 Å². The molecule has 4 heterocycles. The van der Waals surface area contributed by atoms with Gasteiger partial charge in [0.05, 0.1) is 39.5 Å². The number of carboxylic acids is 3. The molecule has 0 bridgehead atoms. The van der Waals surface area contributed by atoms with E-state index in [9.17, 15) is 19.5 Å². The molecule has 0 spiro atoms. The molecule has 5 aromatic rings. The van der Waals surface area contributed by atoms with Crippen LogP contribution in [0.3, 0.4) is 0 Å². The maximum absolute atomic E-state index is 11.5. The van der Waals surface area contributed by atoms with Crippen molar-refractivity contribution in [3.8, 4) is 22.8 Å². The van der Waals surface area contributed by atoms with E-state index in [0.717, 1.165) is 16.8 Å². The SMILES string of the molecule is C=C=C.C[N-]/C(=C\C=N)c1cc(/C=C/c2ccccc2)ccn1.O=C(O)c1ccnc(-c2cc(C(=O)O)cc(-c3cc(C(=O)O)ccn3)n2)c1.[N-]=C=S.[Ru+2][I]. The van der Waals surface area contributed by atoms with Gasteiger partial charge >= 0.3 is 52.4 Å². The molecule has 0 aliphatic heterocycles. The Balaban J connectivity index is 0.000000476. The summed E-state index contributed by atoms with van der Waals surface area (Å²) in [7, 11) is 1.70. The van der Waals surface area contributed by atoms with E-state index in [2.05, 4.69) is 109 Å². The van der Waals surface area contributed by atoms with Gasteiger partial charge in [0.2, 0.25) is 0 Å². The Morgan fingerprint density at radius 3 is 1.64 bits per heavy atom. The molecule has 13 nitrogen and oxygen atoms in total. The summed E-state index contributed by atoms with van der Waals surface area (Å²) < 4.78 is 0. The number of nitrogens with zero attached hydrogens (tertiary/aromatic N) is 6. The summed E-state index contributed by atoms with van der Waals surface area (Å²) in [6.45, 7) is 6.25. The van der Waals surface area contributed by atoms with Gasteiger partial charge in [-0.1, -0.05) is 73.9 Å². The number of thiocarbonyl (C=S) groups is 1. The van der Waals surface area contributed by atoms with Crippen molar-refractivity contribution in [1.29, 1.82) is 5.41 Å². The van der Waals surface area contributed by atoms with E-state index in [-0.39, 0.29) is 39.5 Å². The average molecular weight is 954 g/mol. The van der Waals surface area contributed by atoms with E-state index < -0.39 is 17.9 Å². The van der Waals surface area contributed by atoms with E-state index in [0.29, 0.717) is 5.70 Å². The molecule has 279 valence electrons. The van der Waals surface area contributed by atoms with Crippen molar-refractivity contribution in [1.82, 2.24) is 19.9 Å². The van der Waals surface area contributed by atoms with Crippen molar-refractivity contribution in [2.45, 2.75) is 0 Å². The van der Waals surface area contributed by atoms with Gasteiger partial charge in [0, 0.05) is 30.5 Å². The summed E-state index contributed by atoms with van der Waals surface area (Å²) in [4.78, 5) is 50.4. The quantitative estimate of drug-likeness (QED) is 0.0340. The monoisotopic (exact) mass is 954 g/mol. The molecule has 0 amide bonds. The van der Waals surface area contributed by atoms with Crippen molar-refractivity contribution in [3.05, 3.63) is 167 Å². The van der Waals surface area contributed by atoms with Crippen molar-refractivity contribution < 1.29 is 44.5 Å². The van der Waals surface area contributed by atoms with Gasteiger partial charge in [0.1, 0.15) is 0 Å².